The van der Waals surface area contributed by atoms with Gasteiger partial charge in [0.2, 0.25) is 0 Å². The van der Waals surface area contributed by atoms with Gasteiger partial charge in [0.25, 0.3) is 0 Å². The second-order valence-corrected chi connectivity index (χ2v) is 8.26. The van der Waals surface area contributed by atoms with Crippen molar-refractivity contribution >= 4 is 0 Å². The summed E-state index contributed by atoms with van der Waals surface area (Å²) in [6.07, 6.45) is 26.2. The molecule has 0 aromatic carbocycles. The highest BCUT2D eigenvalue weighted by molar-refractivity contribution is 4.82. The molecule has 0 aliphatic carbocycles. The minimum atomic E-state index is 0.844. The summed E-state index contributed by atoms with van der Waals surface area (Å²) in [6.45, 7) is 5.92. The summed E-state index contributed by atoms with van der Waals surface area (Å²) in [7, 11) is 0. The fourth-order valence-electron chi connectivity index (χ4n) is 4.38. The molecule has 2 atom stereocenters. The molecule has 24 heavy (non-hydrogen) atoms. The number of nitrogens with one attached hydrogen (secondary N) is 1. The van der Waals surface area contributed by atoms with Crippen LogP contribution in [0.25, 0.3) is 0 Å². The quantitative estimate of drug-likeness (QED) is 0.269. The molecular weight excluding hydrogens is 290 g/mol. The van der Waals surface area contributed by atoms with E-state index < -0.39 is 0 Å². The molecule has 1 rings (SSSR count). The first-order chi connectivity index (χ1) is 11.9. The van der Waals surface area contributed by atoms with Crippen molar-refractivity contribution in [1.82, 2.24) is 5.32 Å². The maximum atomic E-state index is 3.71. The molecule has 1 heteroatoms. The molecule has 1 aliphatic rings. The van der Waals surface area contributed by atoms with Gasteiger partial charge in [0.05, 0.1) is 0 Å². The Balaban J connectivity index is 1.72. The normalized spacial score (nSPS) is 20.8. The fraction of sp³-hybridized carbons (Fsp3) is 1.00. The van der Waals surface area contributed by atoms with E-state index in [0.29, 0.717) is 0 Å². The lowest BCUT2D eigenvalue weighted by molar-refractivity contribution is 0.396. The van der Waals surface area contributed by atoms with Gasteiger partial charge in [0.15, 0.2) is 0 Å². The Bertz CT molecular complexity index is 250. The Morgan fingerprint density at radius 3 is 1.54 bits per heavy atom. The molecule has 1 saturated heterocycles. The van der Waals surface area contributed by atoms with Crippen LogP contribution in [0, 0.1) is 5.92 Å². The third-order valence-electron chi connectivity index (χ3n) is 6.13. The molecule has 1 aliphatic heterocycles. The molecule has 1 N–H and O–H groups in total. The molecule has 0 spiro atoms. The molecule has 1 fully saturated rings. The lowest BCUT2D eigenvalue weighted by atomic mass is 9.93. The van der Waals surface area contributed by atoms with Crippen LogP contribution in [0.2, 0.25) is 0 Å². The van der Waals surface area contributed by atoms with E-state index in [9.17, 15) is 0 Å². The molecule has 0 radical (unpaired) electrons. The lowest BCUT2D eigenvalue weighted by Crippen LogP contribution is -2.26. The first kappa shape index (κ1) is 22.0. The van der Waals surface area contributed by atoms with Crippen LogP contribution in [0.1, 0.15) is 129 Å². The van der Waals surface area contributed by atoms with E-state index in [2.05, 4.69) is 19.2 Å². The third kappa shape index (κ3) is 11.5. The number of rotatable bonds is 17. The summed E-state index contributed by atoms with van der Waals surface area (Å²) in [5, 5.41) is 3.71. The molecule has 1 nitrogen and oxygen atoms in total. The molecule has 2 unspecified atom stereocenters. The topological polar surface area (TPSA) is 12.0 Å². The standard InChI is InChI=1S/C23H47N/c1-3-5-6-7-8-9-10-11-12-13-14-15-16-17-18-19-23-22(4-2)20-21-24-23/h22-24H,3-21H2,1-2H3. The van der Waals surface area contributed by atoms with Crippen molar-refractivity contribution in [1.29, 1.82) is 0 Å². The van der Waals surface area contributed by atoms with Crippen molar-refractivity contribution in [3.63, 3.8) is 0 Å². The van der Waals surface area contributed by atoms with Crippen molar-refractivity contribution in [2.24, 2.45) is 5.92 Å². The minimum Gasteiger partial charge on any atom is -0.314 e. The summed E-state index contributed by atoms with van der Waals surface area (Å²) >= 11 is 0. The second-order valence-electron chi connectivity index (χ2n) is 8.26. The maximum absolute atomic E-state index is 3.71. The van der Waals surface area contributed by atoms with Gasteiger partial charge in [0, 0.05) is 6.04 Å². The van der Waals surface area contributed by atoms with Crippen molar-refractivity contribution < 1.29 is 0 Å². The van der Waals surface area contributed by atoms with Crippen LogP contribution in [0.3, 0.4) is 0 Å². The van der Waals surface area contributed by atoms with Crippen molar-refractivity contribution in [3.05, 3.63) is 0 Å². The fourth-order valence-corrected chi connectivity index (χ4v) is 4.38. The van der Waals surface area contributed by atoms with Crippen LogP contribution in [0.15, 0.2) is 0 Å². The first-order valence-electron chi connectivity index (χ1n) is 11.6. The average Bonchev–Trinajstić information content (AvgIpc) is 3.06. The minimum absolute atomic E-state index is 0.844. The smallest absolute Gasteiger partial charge is 0.00956 e. The van der Waals surface area contributed by atoms with Gasteiger partial charge in [0.1, 0.15) is 0 Å². The van der Waals surface area contributed by atoms with E-state index in [4.69, 9.17) is 0 Å². The Hall–Kier alpha value is -0.0400. The summed E-state index contributed by atoms with van der Waals surface area (Å²) in [6, 6.07) is 0.844. The highest BCUT2D eigenvalue weighted by atomic mass is 14.9. The van der Waals surface area contributed by atoms with Crippen LogP contribution < -0.4 is 5.32 Å². The molecule has 0 amide bonds. The first-order valence-corrected chi connectivity index (χ1v) is 11.6. The van der Waals surface area contributed by atoms with Crippen molar-refractivity contribution in [3.8, 4) is 0 Å². The Labute approximate surface area is 153 Å². The average molecular weight is 338 g/mol. The molecule has 1 heterocycles. The Morgan fingerprint density at radius 1 is 0.625 bits per heavy atom. The van der Waals surface area contributed by atoms with Gasteiger partial charge in [-0.15, -0.1) is 0 Å². The van der Waals surface area contributed by atoms with Gasteiger partial charge in [-0.3, -0.25) is 0 Å². The molecular formula is C23H47N. The third-order valence-corrected chi connectivity index (χ3v) is 6.13. The van der Waals surface area contributed by atoms with E-state index >= 15 is 0 Å². The molecule has 0 bridgehead atoms. The number of hydrogen-bond acceptors (Lipinski definition) is 1. The zero-order valence-electron chi connectivity index (χ0n) is 17.1. The van der Waals surface area contributed by atoms with Crippen molar-refractivity contribution in [2.45, 2.75) is 135 Å². The maximum Gasteiger partial charge on any atom is 0.00956 e. The van der Waals surface area contributed by atoms with Gasteiger partial charge < -0.3 is 5.32 Å². The zero-order chi connectivity index (χ0) is 17.3. The van der Waals surface area contributed by atoms with E-state index in [1.165, 1.54) is 122 Å². The predicted octanol–water partition coefficient (Wildman–Crippen LogP) is 7.64. The summed E-state index contributed by atoms with van der Waals surface area (Å²) in [5.74, 6) is 0.969. The Kier molecular flexibility index (Phi) is 15.1. The van der Waals surface area contributed by atoms with Gasteiger partial charge in [-0.2, -0.15) is 0 Å². The summed E-state index contributed by atoms with van der Waals surface area (Å²) < 4.78 is 0. The van der Waals surface area contributed by atoms with E-state index in [1.54, 1.807) is 0 Å². The van der Waals surface area contributed by atoms with Crippen LogP contribution in [0.4, 0.5) is 0 Å². The van der Waals surface area contributed by atoms with E-state index in [0.717, 1.165) is 12.0 Å². The van der Waals surface area contributed by atoms with Crippen LogP contribution in [0.5, 0.6) is 0 Å². The summed E-state index contributed by atoms with van der Waals surface area (Å²) in [5.41, 5.74) is 0. The van der Waals surface area contributed by atoms with Gasteiger partial charge in [-0.05, 0) is 25.3 Å². The van der Waals surface area contributed by atoms with Crippen molar-refractivity contribution in [2.75, 3.05) is 6.54 Å². The highest BCUT2D eigenvalue weighted by Gasteiger charge is 2.23. The molecule has 0 aromatic heterocycles. The van der Waals surface area contributed by atoms with E-state index in [1.807, 2.05) is 0 Å². The highest BCUT2D eigenvalue weighted by Crippen LogP contribution is 2.23. The molecule has 0 saturated carbocycles. The van der Waals surface area contributed by atoms with Gasteiger partial charge in [-0.25, -0.2) is 0 Å². The summed E-state index contributed by atoms with van der Waals surface area (Å²) in [4.78, 5) is 0. The molecule has 144 valence electrons. The van der Waals surface area contributed by atoms with Gasteiger partial charge in [-0.1, -0.05) is 117 Å². The zero-order valence-corrected chi connectivity index (χ0v) is 17.1. The monoisotopic (exact) mass is 337 g/mol. The molecule has 0 aromatic rings. The van der Waals surface area contributed by atoms with E-state index in [-0.39, 0.29) is 0 Å². The Morgan fingerprint density at radius 2 is 1.08 bits per heavy atom. The van der Waals surface area contributed by atoms with Crippen LogP contribution in [-0.2, 0) is 0 Å². The number of unbranched alkanes of at least 4 members (excludes halogenated alkanes) is 14. The van der Waals surface area contributed by atoms with Crippen LogP contribution in [-0.4, -0.2) is 12.6 Å². The second kappa shape index (κ2) is 16.4. The van der Waals surface area contributed by atoms with Gasteiger partial charge >= 0.3 is 0 Å². The predicted molar refractivity (Wildman–Crippen MR) is 110 cm³/mol. The lowest BCUT2D eigenvalue weighted by Gasteiger charge is -2.17. The van der Waals surface area contributed by atoms with Crippen LogP contribution >= 0.6 is 0 Å². The number of hydrogen-bond donors (Lipinski definition) is 1. The largest absolute Gasteiger partial charge is 0.314 e. The SMILES string of the molecule is CCCCCCCCCCCCCCCCCC1NCCC1CC.